The van der Waals surface area contributed by atoms with Crippen LogP contribution in [0.3, 0.4) is 0 Å². The van der Waals surface area contributed by atoms with Crippen molar-refractivity contribution in [1.29, 1.82) is 5.26 Å². The fourth-order valence-corrected chi connectivity index (χ4v) is 2.06. The molecule has 0 aliphatic rings. The summed E-state index contributed by atoms with van der Waals surface area (Å²) in [6.45, 7) is 0. The van der Waals surface area contributed by atoms with Crippen LogP contribution in [0.2, 0.25) is 0 Å². The number of alkyl halides is 6. The highest BCUT2D eigenvalue weighted by Gasteiger charge is 2.34. The number of nitrogens with zero attached hydrogens (tertiary/aromatic N) is 3. The van der Waals surface area contributed by atoms with Gasteiger partial charge in [0.25, 0.3) is 0 Å². The summed E-state index contributed by atoms with van der Waals surface area (Å²) in [7, 11) is 0. The molecule has 0 atom stereocenters. The molecule has 0 aliphatic carbocycles. The lowest BCUT2D eigenvalue weighted by atomic mass is 10.5. The highest BCUT2D eigenvalue weighted by Crippen LogP contribution is 2.30. The third-order valence-electron chi connectivity index (χ3n) is 1.70. The highest BCUT2D eigenvalue weighted by molar-refractivity contribution is 7.13. The monoisotopic (exact) mass is 346 g/mol. The van der Waals surface area contributed by atoms with Gasteiger partial charge >= 0.3 is 12.4 Å². The van der Waals surface area contributed by atoms with Gasteiger partial charge in [0.1, 0.15) is 6.07 Å². The number of rotatable bonds is 0. The van der Waals surface area contributed by atoms with E-state index in [-0.39, 0.29) is 10.1 Å². The van der Waals surface area contributed by atoms with Crippen LogP contribution in [0.15, 0.2) is 10.8 Å². The van der Waals surface area contributed by atoms with Gasteiger partial charge < -0.3 is 5.73 Å². The van der Waals surface area contributed by atoms with Crippen molar-refractivity contribution in [1.82, 2.24) is 9.97 Å². The molecule has 0 unspecified atom stereocenters. The first-order valence-corrected chi connectivity index (χ1v) is 6.51. The molecule has 0 amide bonds. The van der Waals surface area contributed by atoms with Crippen molar-refractivity contribution in [2.75, 3.05) is 5.73 Å². The predicted octanol–water partition coefficient (Wildman–Crippen LogP) is 3.78. The van der Waals surface area contributed by atoms with Crippen LogP contribution in [0.4, 0.5) is 31.5 Å². The number of nitrogens with two attached hydrogens (primary N) is 1. The molecule has 2 N–H and O–H groups in total. The first-order chi connectivity index (χ1) is 9.54. The number of anilines is 1. The molecule has 21 heavy (non-hydrogen) atoms. The van der Waals surface area contributed by atoms with Crippen molar-refractivity contribution in [2.24, 2.45) is 0 Å². The van der Waals surface area contributed by atoms with E-state index >= 15 is 0 Å². The van der Waals surface area contributed by atoms with Crippen LogP contribution in [-0.4, -0.2) is 9.97 Å². The van der Waals surface area contributed by atoms with Crippen LogP contribution in [0.5, 0.6) is 0 Å². The Kier molecular flexibility index (Phi) is 5.13. The minimum absolute atomic E-state index is 0.0627. The molecule has 114 valence electrons. The number of halogens is 6. The van der Waals surface area contributed by atoms with Gasteiger partial charge in [0.15, 0.2) is 21.5 Å². The molecule has 0 fully saturated rings. The zero-order chi connectivity index (χ0) is 16.3. The fourth-order valence-electron chi connectivity index (χ4n) is 0.873. The van der Waals surface area contributed by atoms with Crippen molar-refractivity contribution >= 4 is 27.8 Å². The number of nitriles is 1. The SMILES string of the molecule is N#Cc1nc(C(F)(F)F)cs1.Nc1nc(C(F)(F)F)cs1. The summed E-state index contributed by atoms with van der Waals surface area (Å²) in [4.78, 5) is 6.09. The van der Waals surface area contributed by atoms with E-state index in [9.17, 15) is 26.3 Å². The predicted molar refractivity (Wildman–Crippen MR) is 63.4 cm³/mol. The van der Waals surface area contributed by atoms with E-state index in [1.54, 1.807) is 0 Å². The van der Waals surface area contributed by atoms with Gasteiger partial charge in [0.2, 0.25) is 0 Å². The third-order valence-corrected chi connectivity index (χ3v) is 3.12. The lowest BCUT2D eigenvalue weighted by Gasteiger charge is -1.98. The molecule has 2 aromatic rings. The second kappa shape index (κ2) is 6.27. The Morgan fingerprint density at radius 1 is 0.952 bits per heavy atom. The molecule has 0 bridgehead atoms. The first kappa shape index (κ1) is 17.2. The van der Waals surface area contributed by atoms with Gasteiger partial charge in [-0.05, 0) is 0 Å². The van der Waals surface area contributed by atoms with E-state index in [4.69, 9.17) is 11.0 Å². The van der Waals surface area contributed by atoms with Crippen molar-refractivity contribution in [3.05, 3.63) is 27.2 Å². The van der Waals surface area contributed by atoms with Crippen LogP contribution in [-0.2, 0) is 12.4 Å². The van der Waals surface area contributed by atoms with E-state index < -0.39 is 23.7 Å². The van der Waals surface area contributed by atoms with Gasteiger partial charge in [-0.15, -0.1) is 22.7 Å². The quantitative estimate of drug-likeness (QED) is 0.737. The van der Waals surface area contributed by atoms with Crippen molar-refractivity contribution in [3.8, 4) is 6.07 Å². The minimum Gasteiger partial charge on any atom is -0.375 e. The second-order valence-electron chi connectivity index (χ2n) is 3.22. The van der Waals surface area contributed by atoms with Crippen molar-refractivity contribution < 1.29 is 26.3 Å². The van der Waals surface area contributed by atoms with Gasteiger partial charge in [-0.1, -0.05) is 0 Å². The average Bonchev–Trinajstić information content (AvgIpc) is 2.95. The summed E-state index contributed by atoms with van der Waals surface area (Å²) in [6.07, 6.45) is -8.81. The Bertz CT molecular complexity index is 636. The smallest absolute Gasteiger partial charge is 0.375 e. The molecule has 2 rings (SSSR count). The lowest BCUT2D eigenvalue weighted by molar-refractivity contribution is -0.141. The van der Waals surface area contributed by atoms with Crippen molar-refractivity contribution in [2.45, 2.75) is 12.4 Å². The van der Waals surface area contributed by atoms with E-state index in [1.807, 2.05) is 0 Å². The molecule has 0 saturated carbocycles. The van der Waals surface area contributed by atoms with E-state index in [0.29, 0.717) is 11.3 Å². The Morgan fingerprint density at radius 3 is 1.67 bits per heavy atom. The summed E-state index contributed by atoms with van der Waals surface area (Å²) in [5.74, 6) is 0. The molecule has 0 aliphatic heterocycles. The average molecular weight is 346 g/mol. The van der Waals surface area contributed by atoms with Crippen LogP contribution < -0.4 is 5.73 Å². The molecule has 2 aromatic heterocycles. The van der Waals surface area contributed by atoms with Gasteiger partial charge in [0.05, 0.1) is 0 Å². The van der Waals surface area contributed by atoms with Crippen LogP contribution in [0.1, 0.15) is 16.4 Å². The Balaban J connectivity index is 0.000000211. The summed E-state index contributed by atoms with van der Waals surface area (Å²) in [5.41, 5.74) is 3.06. The standard InChI is InChI=1S/C5HF3N2S.C4H3F3N2S/c6-5(7,8)3-2-11-4(1-9)10-3;5-4(6,7)2-1-10-3(8)9-2/h2H;1H,(H2,8,9). The maximum atomic E-state index is 11.8. The van der Waals surface area contributed by atoms with Crippen LogP contribution in [0.25, 0.3) is 0 Å². The molecular weight excluding hydrogens is 342 g/mol. The third kappa shape index (κ3) is 5.20. The Morgan fingerprint density at radius 2 is 1.43 bits per heavy atom. The zero-order valence-corrected chi connectivity index (χ0v) is 11.3. The molecule has 0 spiro atoms. The molecular formula is C9H4F6N4S2. The molecule has 12 heteroatoms. The topological polar surface area (TPSA) is 75.6 Å². The van der Waals surface area contributed by atoms with Crippen molar-refractivity contribution in [3.63, 3.8) is 0 Å². The number of hydrogen-bond donors (Lipinski definition) is 1. The van der Waals surface area contributed by atoms with Gasteiger partial charge in [-0.2, -0.15) is 31.6 Å². The Hall–Kier alpha value is -1.87. The van der Waals surface area contributed by atoms with E-state index in [0.717, 1.165) is 22.1 Å². The largest absolute Gasteiger partial charge is 0.434 e. The number of nitrogen functional groups attached to an aromatic ring is 1. The normalized spacial score (nSPS) is 11.5. The lowest BCUT2D eigenvalue weighted by Crippen LogP contribution is -2.05. The van der Waals surface area contributed by atoms with Gasteiger partial charge in [-0.3, -0.25) is 0 Å². The molecule has 0 aromatic carbocycles. The number of aromatic nitrogens is 2. The maximum Gasteiger partial charge on any atom is 0.434 e. The number of thiazole rings is 2. The maximum absolute atomic E-state index is 11.8. The molecule has 0 radical (unpaired) electrons. The van der Waals surface area contributed by atoms with Crippen LogP contribution in [0, 0.1) is 11.3 Å². The van der Waals surface area contributed by atoms with E-state index in [2.05, 4.69) is 9.97 Å². The summed E-state index contributed by atoms with van der Waals surface area (Å²) < 4.78 is 70.4. The van der Waals surface area contributed by atoms with Gasteiger partial charge in [0, 0.05) is 10.8 Å². The highest BCUT2D eigenvalue weighted by atomic mass is 32.1. The van der Waals surface area contributed by atoms with Crippen LogP contribution >= 0.6 is 22.7 Å². The summed E-state index contributed by atoms with van der Waals surface area (Å²) in [5, 5.41) is 9.62. The second-order valence-corrected chi connectivity index (χ2v) is 4.96. The Labute approximate surface area is 121 Å². The summed E-state index contributed by atoms with van der Waals surface area (Å²) >= 11 is 1.46. The zero-order valence-electron chi connectivity index (χ0n) is 9.66. The van der Waals surface area contributed by atoms with E-state index in [1.165, 1.54) is 6.07 Å². The molecule has 4 nitrogen and oxygen atoms in total. The molecule has 0 saturated heterocycles. The minimum atomic E-state index is -4.44. The number of hydrogen-bond acceptors (Lipinski definition) is 6. The summed E-state index contributed by atoms with van der Waals surface area (Å²) in [6, 6.07) is 1.53. The van der Waals surface area contributed by atoms with Gasteiger partial charge in [-0.25, -0.2) is 9.97 Å². The fraction of sp³-hybridized carbons (Fsp3) is 0.222. The molecule has 2 heterocycles. The first-order valence-electron chi connectivity index (χ1n) is 4.75.